The number of carbonyl (C=O) groups excluding carboxylic acids is 1. The van der Waals surface area contributed by atoms with Crippen molar-refractivity contribution in [2.45, 2.75) is 59.3 Å². The smallest absolute Gasteiger partial charge is 0.210 e. The molecular weight excluding hydrogens is 476 g/mol. The van der Waals surface area contributed by atoms with E-state index in [2.05, 4.69) is 47.7 Å². The Morgan fingerprint density at radius 2 is 1.70 bits per heavy atom. The third-order valence-electron chi connectivity index (χ3n) is 6.08. The van der Waals surface area contributed by atoms with Crippen molar-refractivity contribution in [3.05, 3.63) is 70.0 Å². The average molecular weight is 514 g/mol. The van der Waals surface area contributed by atoms with Crippen LogP contribution in [0.15, 0.2) is 53.1 Å². The number of aromatic nitrogens is 1. The highest BCUT2D eigenvalue weighted by Crippen LogP contribution is 2.28. The number of aryl methyl sites for hydroxylation is 1. The van der Waals surface area contributed by atoms with E-state index in [1.807, 2.05) is 47.0 Å². The molecular formula is C28H37BrN2O2. The molecule has 0 saturated carbocycles. The van der Waals surface area contributed by atoms with Gasteiger partial charge in [-0.15, -0.1) is 0 Å². The van der Waals surface area contributed by atoms with Gasteiger partial charge in [0.2, 0.25) is 5.78 Å². The van der Waals surface area contributed by atoms with Gasteiger partial charge in [0.15, 0.2) is 0 Å². The molecule has 0 spiro atoms. The van der Waals surface area contributed by atoms with Crippen LogP contribution in [-0.2, 0) is 6.42 Å². The number of unbranched alkanes of at least 4 members (excludes halogenated alkanes) is 2. The molecule has 3 rings (SSSR count). The Labute approximate surface area is 207 Å². The number of benzene rings is 1. The van der Waals surface area contributed by atoms with Crippen molar-refractivity contribution >= 4 is 27.2 Å². The lowest BCUT2D eigenvalue weighted by Gasteiger charge is -2.22. The summed E-state index contributed by atoms with van der Waals surface area (Å²) in [5.41, 5.74) is 3.52. The zero-order valence-electron chi connectivity index (χ0n) is 20.3. The van der Waals surface area contributed by atoms with Crippen molar-refractivity contribution < 1.29 is 9.53 Å². The molecule has 0 unspecified atom stereocenters. The molecule has 0 amide bonds. The van der Waals surface area contributed by atoms with Crippen LogP contribution in [0.25, 0.3) is 5.52 Å². The molecule has 1 aromatic carbocycles. The number of fused-ring (bicyclic) bond motifs is 1. The number of carbonyl (C=O) groups is 1. The van der Waals surface area contributed by atoms with Crippen molar-refractivity contribution in [2.75, 3.05) is 26.2 Å². The second-order valence-electron chi connectivity index (χ2n) is 8.59. The van der Waals surface area contributed by atoms with Crippen molar-refractivity contribution in [3.63, 3.8) is 0 Å². The lowest BCUT2D eigenvalue weighted by Crippen LogP contribution is -2.28. The van der Waals surface area contributed by atoms with Gasteiger partial charge in [0.05, 0.1) is 16.8 Å². The number of rotatable bonds is 14. The summed E-state index contributed by atoms with van der Waals surface area (Å²) in [7, 11) is 0. The van der Waals surface area contributed by atoms with Crippen LogP contribution in [0, 0.1) is 0 Å². The van der Waals surface area contributed by atoms with Gasteiger partial charge in [-0.05, 0) is 96.7 Å². The maximum atomic E-state index is 13.4. The molecule has 0 radical (unpaired) electrons. The van der Waals surface area contributed by atoms with Gasteiger partial charge in [0.25, 0.3) is 0 Å². The zero-order valence-corrected chi connectivity index (χ0v) is 21.9. The van der Waals surface area contributed by atoms with Crippen molar-refractivity contribution in [2.24, 2.45) is 0 Å². The van der Waals surface area contributed by atoms with Gasteiger partial charge < -0.3 is 14.0 Å². The maximum Gasteiger partial charge on any atom is 0.210 e. The second-order valence-corrected chi connectivity index (χ2v) is 9.45. The number of halogens is 1. The first kappa shape index (κ1) is 25.5. The van der Waals surface area contributed by atoms with E-state index in [0.29, 0.717) is 12.2 Å². The molecule has 5 heteroatoms. The van der Waals surface area contributed by atoms with Crippen LogP contribution >= 0.6 is 15.9 Å². The van der Waals surface area contributed by atoms with E-state index in [4.69, 9.17) is 4.74 Å². The average Bonchev–Trinajstić information content (AvgIpc) is 3.22. The number of hydrogen-bond donors (Lipinski definition) is 0. The Morgan fingerprint density at radius 1 is 0.970 bits per heavy atom. The van der Waals surface area contributed by atoms with Crippen molar-refractivity contribution in [3.8, 4) is 5.75 Å². The zero-order chi connectivity index (χ0) is 23.6. The Balaban J connectivity index is 1.63. The lowest BCUT2D eigenvalue weighted by atomic mass is 10.0. The summed E-state index contributed by atoms with van der Waals surface area (Å²) < 4.78 is 8.86. The molecule has 3 aromatic rings. The van der Waals surface area contributed by atoms with E-state index in [1.54, 1.807) is 0 Å². The normalized spacial score (nSPS) is 11.4. The van der Waals surface area contributed by atoms with Gasteiger partial charge in [0.1, 0.15) is 5.75 Å². The number of hydrogen-bond acceptors (Lipinski definition) is 3. The van der Waals surface area contributed by atoms with E-state index in [1.165, 1.54) is 38.8 Å². The van der Waals surface area contributed by atoms with Gasteiger partial charge in [-0.2, -0.15) is 0 Å². The summed E-state index contributed by atoms with van der Waals surface area (Å²) >= 11 is 3.62. The number of nitrogens with zero attached hydrogens (tertiary/aromatic N) is 2. The van der Waals surface area contributed by atoms with Gasteiger partial charge in [-0.25, -0.2) is 0 Å². The molecule has 2 aromatic heterocycles. The Bertz CT molecular complexity index is 1040. The van der Waals surface area contributed by atoms with Crippen LogP contribution in [0.4, 0.5) is 0 Å². The van der Waals surface area contributed by atoms with E-state index >= 15 is 0 Å². The fourth-order valence-electron chi connectivity index (χ4n) is 4.17. The third kappa shape index (κ3) is 6.70. The molecule has 178 valence electrons. The number of pyridine rings is 1. The molecule has 0 aliphatic rings. The highest BCUT2D eigenvalue weighted by atomic mass is 79.9. The highest BCUT2D eigenvalue weighted by Gasteiger charge is 2.19. The lowest BCUT2D eigenvalue weighted by molar-refractivity contribution is 0.103. The topological polar surface area (TPSA) is 34.0 Å². The summed E-state index contributed by atoms with van der Waals surface area (Å²) in [5, 5.41) is 0. The van der Waals surface area contributed by atoms with Gasteiger partial charge in [-0.1, -0.05) is 39.7 Å². The first-order valence-electron chi connectivity index (χ1n) is 12.4. The molecule has 0 aliphatic carbocycles. The molecule has 0 saturated heterocycles. The molecule has 33 heavy (non-hydrogen) atoms. The predicted octanol–water partition coefficient (Wildman–Crippen LogP) is 7.17. The largest absolute Gasteiger partial charge is 0.492 e. The first-order valence-corrected chi connectivity index (χ1v) is 13.2. The molecule has 4 nitrogen and oxygen atoms in total. The van der Waals surface area contributed by atoms with Crippen LogP contribution < -0.4 is 4.74 Å². The molecule has 0 N–H and O–H groups in total. The summed E-state index contributed by atoms with van der Waals surface area (Å²) in [5.74, 6) is 0.823. The quantitative estimate of drug-likeness (QED) is 0.169. The van der Waals surface area contributed by atoms with Gasteiger partial charge >= 0.3 is 0 Å². The SMILES string of the molecule is CCCCN(CCCC)CCCOc1ccc(C(=O)c2c(CC)cc3ccccn23)cc1Br. The molecule has 0 aliphatic heterocycles. The standard InChI is InChI=1S/C28H37BrN2O2/c1-4-7-15-30(16-8-5-2)17-11-19-33-26-14-13-23(21-25(26)29)28(32)27-22(6-3)20-24-12-9-10-18-31(24)27/h9-10,12-14,18,20-21H,4-8,11,15-17,19H2,1-3H3. The van der Waals surface area contributed by atoms with Crippen molar-refractivity contribution in [1.29, 1.82) is 0 Å². The van der Waals surface area contributed by atoms with Crippen LogP contribution in [0.3, 0.4) is 0 Å². The minimum absolute atomic E-state index is 0.0350. The summed E-state index contributed by atoms with van der Waals surface area (Å²) in [6.45, 7) is 10.7. The van der Waals surface area contributed by atoms with Crippen LogP contribution in [0.1, 0.15) is 74.5 Å². The highest BCUT2D eigenvalue weighted by molar-refractivity contribution is 9.10. The van der Waals surface area contributed by atoms with Crippen LogP contribution in [0.2, 0.25) is 0 Å². The van der Waals surface area contributed by atoms with Gasteiger partial charge in [0, 0.05) is 23.8 Å². The van der Waals surface area contributed by atoms with E-state index in [9.17, 15) is 4.79 Å². The fraction of sp³-hybridized carbons (Fsp3) is 0.464. The van der Waals surface area contributed by atoms with E-state index in [0.717, 1.165) is 46.4 Å². The first-order chi connectivity index (χ1) is 16.1. The molecule has 2 heterocycles. The molecule has 0 atom stereocenters. The minimum atomic E-state index is 0.0350. The van der Waals surface area contributed by atoms with Gasteiger partial charge in [-0.3, -0.25) is 4.79 Å². The Morgan fingerprint density at radius 3 is 2.36 bits per heavy atom. The second kappa shape index (κ2) is 13.0. The Kier molecular flexibility index (Phi) is 10.0. The fourth-order valence-corrected chi connectivity index (χ4v) is 4.66. The van der Waals surface area contributed by atoms with Crippen molar-refractivity contribution in [1.82, 2.24) is 9.30 Å². The number of ether oxygens (including phenoxy) is 1. The maximum absolute atomic E-state index is 13.4. The summed E-state index contributed by atoms with van der Waals surface area (Å²) in [4.78, 5) is 15.9. The Hall–Kier alpha value is -2.11. The van der Waals surface area contributed by atoms with Crippen LogP contribution in [0.5, 0.6) is 5.75 Å². The number of ketones is 1. The summed E-state index contributed by atoms with van der Waals surface area (Å²) in [6, 6.07) is 13.8. The predicted molar refractivity (Wildman–Crippen MR) is 141 cm³/mol. The molecule has 0 bridgehead atoms. The van der Waals surface area contributed by atoms with Crippen LogP contribution in [-0.4, -0.2) is 41.3 Å². The third-order valence-corrected chi connectivity index (χ3v) is 6.70. The van der Waals surface area contributed by atoms with E-state index in [-0.39, 0.29) is 5.78 Å². The summed E-state index contributed by atoms with van der Waals surface area (Å²) in [6.07, 6.45) is 8.74. The van der Waals surface area contributed by atoms with E-state index < -0.39 is 0 Å². The minimum Gasteiger partial charge on any atom is -0.492 e. The molecule has 0 fully saturated rings. The monoisotopic (exact) mass is 512 g/mol.